The van der Waals surface area contributed by atoms with E-state index in [0.29, 0.717) is 18.5 Å². The maximum absolute atomic E-state index is 12.3. The molecule has 0 unspecified atom stereocenters. The summed E-state index contributed by atoms with van der Waals surface area (Å²) in [7, 11) is 0. The summed E-state index contributed by atoms with van der Waals surface area (Å²) in [6.07, 6.45) is 6.34. The van der Waals surface area contributed by atoms with Crippen molar-refractivity contribution in [2.45, 2.75) is 26.2 Å². The fraction of sp³-hybridized carbons (Fsp3) is 0.368. The molecule has 2 heterocycles. The average Bonchev–Trinajstić information content (AvgIpc) is 3.24. The highest BCUT2D eigenvalue weighted by molar-refractivity contribution is 5.94. The van der Waals surface area contributed by atoms with Gasteiger partial charge in [-0.3, -0.25) is 9.59 Å². The third-order valence-electron chi connectivity index (χ3n) is 4.42. The van der Waals surface area contributed by atoms with E-state index in [1.807, 2.05) is 59.1 Å². The third-order valence-corrected chi connectivity index (χ3v) is 4.42. The second-order valence-corrected chi connectivity index (χ2v) is 6.19. The minimum atomic E-state index is -0.0730. The smallest absolute Gasteiger partial charge is 0.251 e. The van der Waals surface area contributed by atoms with Crippen molar-refractivity contribution in [1.82, 2.24) is 14.8 Å². The van der Waals surface area contributed by atoms with Crippen LogP contribution in [-0.4, -0.2) is 40.9 Å². The number of amides is 2. The molecule has 1 saturated heterocycles. The van der Waals surface area contributed by atoms with E-state index in [-0.39, 0.29) is 11.8 Å². The molecule has 0 aliphatic carbocycles. The fourth-order valence-electron chi connectivity index (χ4n) is 3.04. The zero-order valence-corrected chi connectivity index (χ0v) is 14.0. The Kier molecular flexibility index (Phi) is 4.99. The number of hydrogen-bond donors (Lipinski definition) is 1. The Morgan fingerprint density at radius 2 is 2.04 bits per heavy atom. The average molecular weight is 325 g/mol. The third kappa shape index (κ3) is 3.67. The summed E-state index contributed by atoms with van der Waals surface area (Å²) >= 11 is 0. The molecule has 126 valence electrons. The molecule has 0 saturated carbocycles. The lowest BCUT2D eigenvalue weighted by atomic mass is 10.1. The molecule has 0 atom stereocenters. The SMILES string of the molecule is Cc1ccc(C(=O)NCCCN2CCCC2=O)cc1-n1cccc1. The van der Waals surface area contributed by atoms with Crippen molar-refractivity contribution in [2.75, 3.05) is 19.6 Å². The highest BCUT2D eigenvalue weighted by Gasteiger charge is 2.19. The van der Waals surface area contributed by atoms with Gasteiger partial charge in [-0.1, -0.05) is 6.07 Å². The van der Waals surface area contributed by atoms with Gasteiger partial charge in [-0.2, -0.15) is 0 Å². The quantitative estimate of drug-likeness (QED) is 0.830. The minimum absolute atomic E-state index is 0.0730. The Morgan fingerprint density at radius 1 is 1.25 bits per heavy atom. The maximum Gasteiger partial charge on any atom is 0.251 e. The molecule has 2 aromatic rings. The maximum atomic E-state index is 12.3. The fourth-order valence-corrected chi connectivity index (χ4v) is 3.04. The zero-order chi connectivity index (χ0) is 16.9. The summed E-state index contributed by atoms with van der Waals surface area (Å²) in [5.41, 5.74) is 2.78. The highest BCUT2D eigenvalue weighted by atomic mass is 16.2. The van der Waals surface area contributed by atoms with Crippen LogP contribution in [0.15, 0.2) is 42.7 Å². The lowest BCUT2D eigenvalue weighted by Gasteiger charge is -2.15. The number of carbonyl (C=O) groups is 2. The van der Waals surface area contributed by atoms with Gasteiger partial charge in [-0.05, 0) is 49.6 Å². The van der Waals surface area contributed by atoms with Crippen LogP contribution in [0.4, 0.5) is 0 Å². The van der Waals surface area contributed by atoms with Gasteiger partial charge in [0.25, 0.3) is 5.91 Å². The van der Waals surface area contributed by atoms with Gasteiger partial charge in [0, 0.05) is 49.7 Å². The summed E-state index contributed by atoms with van der Waals surface area (Å²) in [4.78, 5) is 25.8. The lowest BCUT2D eigenvalue weighted by molar-refractivity contribution is -0.127. The number of benzene rings is 1. The Bertz CT molecular complexity index is 722. The minimum Gasteiger partial charge on any atom is -0.352 e. The molecule has 24 heavy (non-hydrogen) atoms. The number of carbonyl (C=O) groups excluding carboxylic acids is 2. The van der Waals surface area contributed by atoms with E-state index in [9.17, 15) is 9.59 Å². The largest absolute Gasteiger partial charge is 0.352 e. The molecule has 1 N–H and O–H groups in total. The van der Waals surface area contributed by atoms with Gasteiger partial charge >= 0.3 is 0 Å². The van der Waals surface area contributed by atoms with E-state index in [1.165, 1.54) is 0 Å². The molecule has 3 rings (SSSR count). The predicted molar refractivity (Wildman–Crippen MR) is 93.3 cm³/mol. The van der Waals surface area contributed by atoms with E-state index in [4.69, 9.17) is 0 Å². The number of aromatic nitrogens is 1. The molecule has 1 aromatic heterocycles. The molecule has 1 aliphatic heterocycles. The molecule has 5 heteroatoms. The summed E-state index contributed by atoms with van der Waals surface area (Å²) in [5, 5.41) is 2.94. The second-order valence-electron chi connectivity index (χ2n) is 6.19. The van der Waals surface area contributed by atoms with E-state index in [1.54, 1.807) is 0 Å². The van der Waals surface area contributed by atoms with Crippen molar-refractivity contribution < 1.29 is 9.59 Å². The van der Waals surface area contributed by atoms with Crippen molar-refractivity contribution >= 4 is 11.8 Å². The predicted octanol–water partition coefficient (Wildman–Crippen LogP) is 2.53. The summed E-state index contributed by atoms with van der Waals surface area (Å²) in [6, 6.07) is 9.65. The Labute approximate surface area is 142 Å². The van der Waals surface area contributed by atoms with E-state index >= 15 is 0 Å². The summed E-state index contributed by atoms with van der Waals surface area (Å²) in [5.74, 6) is 0.160. The number of hydrogen-bond acceptors (Lipinski definition) is 2. The molecular weight excluding hydrogens is 302 g/mol. The van der Waals surface area contributed by atoms with Crippen molar-refractivity contribution in [1.29, 1.82) is 0 Å². The standard InChI is InChI=1S/C19H23N3O2/c1-15-7-8-16(14-17(15)21-10-2-3-11-21)19(24)20-9-5-13-22-12-4-6-18(22)23/h2-3,7-8,10-11,14H,4-6,9,12-13H2,1H3,(H,20,24). The first-order valence-electron chi connectivity index (χ1n) is 8.45. The molecule has 0 bridgehead atoms. The summed E-state index contributed by atoms with van der Waals surface area (Å²) in [6.45, 7) is 4.19. The molecular formula is C19H23N3O2. The Morgan fingerprint density at radius 3 is 2.75 bits per heavy atom. The van der Waals surface area contributed by atoms with Crippen LogP contribution >= 0.6 is 0 Å². The molecule has 1 fully saturated rings. The molecule has 1 aromatic carbocycles. The second kappa shape index (κ2) is 7.34. The topological polar surface area (TPSA) is 54.3 Å². The highest BCUT2D eigenvalue weighted by Crippen LogP contribution is 2.16. The number of nitrogens with zero attached hydrogens (tertiary/aromatic N) is 2. The number of likely N-dealkylation sites (tertiary alicyclic amines) is 1. The van der Waals surface area contributed by atoms with Gasteiger partial charge in [0.1, 0.15) is 0 Å². The zero-order valence-electron chi connectivity index (χ0n) is 14.0. The van der Waals surface area contributed by atoms with E-state index in [2.05, 4.69) is 5.32 Å². The normalized spacial score (nSPS) is 14.2. The number of nitrogens with one attached hydrogen (secondary N) is 1. The van der Waals surface area contributed by atoms with Crippen LogP contribution in [0.3, 0.4) is 0 Å². The molecule has 0 radical (unpaired) electrons. The van der Waals surface area contributed by atoms with Crippen LogP contribution in [0.5, 0.6) is 0 Å². The number of rotatable bonds is 6. The van der Waals surface area contributed by atoms with Crippen LogP contribution in [-0.2, 0) is 4.79 Å². The summed E-state index contributed by atoms with van der Waals surface area (Å²) < 4.78 is 2.01. The molecule has 2 amide bonds. The van der Waals surface area contributed by atoms with Gasteiger partial charge in [-0.25, -0.2) is 0 Å². The van der Waals surface area contributed by atoms with Crippen LogP contribution in [0.2, 0.25) is 0 Å². The van der Waals surface area contributed by atoms with Gasteiger partial charge in [0.15, 0.2) is 0 Å². The lowest BCUT2D eigenvalue weighted by Crippen LogP contribution is -2.30. The van der Waals surface area contributed by atoms with Crippen molar-refractivity contribution in [3.63, 3.8) is 0 Å². The van der Waals surface area contributed by atoms with Crippen LogP contribution in [0, 0.1) is 6.92 Å². The first-order chi connectivity index (χ1) is 11.6. The first kappa shape index (κ1) is 16.3. The van der Waals surface area contributed by atoms with Crippen molar-refractivity contribution in [3.8, 4) is 5.69 Å². The van der Waals surface area contributed by atoms with Crippen LogP contribution in [0.25, 0.3) is 5.69 Å². The number of aryl methyl sites for hydroxylation is 1. The first-order valence-corrected chi connectivity index (χ1v) is 8.45. The Hall–Kier alpha value is -2.56. The molecule has 1 aliphatic rings. The molecule has 5 nitrogen and oxygen atoms in total. The molecule has 0 spiro atoms. The van der Waals surface area contributed by atoms with Crippen molar-refractivity contribution in [3.05, 3.63) is 53.9 Å². The van der Waals surface area contributed by atoms with Gasteiger partial charge in [0.2, 0.25) is 5.91 Å². The van der Waals surface area contributed by atoms with Gasteiger partial charge in [0.05, 0.1) is 0 Å². The van der Waals surface area contributed by atoms with Crippen LogP contribution < -0.4 is 5.32 Å². The monoisotopic (exact) mass is 325 g/mol. The van der Waals surface area contributed by atoms with Gasteiger partial charge in [-0.15, -0.1) is 0 Å². The van der Waals surface area contributed by atoms with Crippen LogP contribution in [0.1, 0.15) is 35.2 Å². The Balaban J connectivity index is 1.55. The van der Waals surface area contributed by atoms with Gasteiger partial charge < -0.3 is 14.8 Å². The van der Waals surface area contributed by atoms with Crippen molar-refractivity contribution in [2.24, 2.45) is 0 Å². The van der Waals surface area contributed by atoms with E-state index < -0.39 is 0 Å². The van der Waals surface area contributed by atoms with E-state index in [0.717, 1.165) is 37.2 Å².